The SMILES string of the molecule is COc1cc(NC(=O)CCC(=O)c2cc(C)ccc2C)c(C(=O)N2CCCC2)cc1OC. The molecule has 0 aromatic heterocycles. The second-order valence-corrected chi connectivity index (χ2v) is 8.04. The van der Waals surface area contributed by atoms with E-state index in [1.165, 1.54) is 14.2 Å². The van der Waals surface area contributed by atoms with E-state index in [0.717, 1.165) is 24.0 Å². The Bertz CT molecular complexity index is 1030. The fraction of sp³-hybridized carbons (Fsp3) is 0.400. The van der Waals surface area contributed by atoms with Gasteiger partial charge in [0.05, 0.1) is 25.5 Å². The highest BCUT2D eigenvalue weighted by Gasteiger charge is 2.25. The Morgan fingerprint density at radius 1 is 0.906 bits per heavy atom. The standard InChI is InChI=1S/C25H30N2O5/c1-16-7-8-17(2)18(13-16)21(28)9-10-24(29)26-20-15-23(32-4)22(31-3)14-19(20)25(30)27-11-5-6-12-27/h7-8,13-15H,5-6,9-12H2,1-4H3,(H,26,29). The molecule has 0 unspecified atom stereocenters. The van der Waals surface area contributed by atoms with Crippen LogP contribution < -0.4 is 14.8 Å². The van der Waals surface area contributed by atoms with Crippen LogP contribution in [0, 0.1) is 13.8 Å². The summed E-state index contributed by atoms with van der Waals surface area (Å²) in [5, 5.41) is 2.80. The molecule has 0 aliphatic carbocycles. The lowest BCUT2D eigenvalue weighted by Crippen LogP contribution is -2.29. The van der Waals surface area contributed by atoms with Crippen molar-refractivity contribution in [2.75, 3.05) is 32.6 Å². The van der Waals surface area contributed by atoms with Crippen LogP contribution in [0.25, 0.3) is 0 Å². The molecule has 2 aromatic rings. The zero-order chi connectivity index (χ0) is 23.3. The molecule has 7 nitrogen and oxygen atoms in total. The number of nitrogens with zero attached hydrogens (tertiary/aromatic N) is 1. The van der Waals surface area contributed by atoms with E-state index < -0.39 is 0 Å². The second-order valence-electron chi connectivity index (χ2n) is 8.04. The monoisotopic (exact) mass is 438 g/mol. The Labute approximate surface area is 188 Å². The summed E-state index contributed by atoms with van der Waals surface area (Å²) in [6.45, 7) is 5.18. The third-order valence-electron chi connectivity index (χ3n) is 5.69. The highest BCUT2D eigenvalue weighted by atomic mass is 16.5. The summed E-state index contributed by atoms with van der Waals surface area (Å²) >= 11 is 0. The molecule has 1 fully saturated rings. The number of nitrogens with one attached hydrogen (secondary N) is 1. The minimum atomic E-state index is -0.341. The molecule has 32 heavy (non-hydrogen) atoms. The van der Waals surface area contributed by atoms with Crippen molar-refractivity contribution in [2.24, 2.45) is 0 Å². The summed E-state index contributed by atoms with van der Waals surface area (Å²) in [5.74, 6) is 0.240. The van der Waals surface area contributed by atoms with Crippen molar-refractivity contribution in [3.8, 4) is 11.5 Å². The third-order valence-corrected chi connectivity index (χ3v) is 5.69. The van der Waals surface area contributed by atoms with E-state index in [1.54, 1.807) is 17.0 Å². The first-order chi connectivity index (χ1) is 15.3. The first kappa shape index (κ1) is 23.3. The van der Waals surface area contributed by atoms with Gasteiger partial charge < -0.3 is 19.7 Å². The zero-order valence-electron chi connectivity index (χ0n) is 19.1. The van der Waals surface area contributed by atoms with Crippen molar-refractivity contribution in [3.63, 3.8) is 0 Å². The molecule has 1 aliphatic heterocycles. The summed E-state index contributed by atoms with van der Waals surface area (Å²) < 4.78 is 10.7. The number of hydrogen-bond acceptors (Lipinski definition) is 5. The highest BCUT2D eigenvalue weighted by Crippen LogP contribution is 2.34. The smallest absolute Gasteiger partial charge is 0.256 e. The molecule has 1 aliphatic rings. The van der Waals surface area contributed by atoms with E-state index in [0.29, 0.717) is 41.4 Å². The van der Waals surface area contributed by atoms with Gasteiger partial charge in [-0.15, -0.1) is 0 Å². The lowest BCUT2D eigenvalue weighted by Gasteiger charge is -2.20. The minimum Gasteiger partial charge on any atom is -0.493 e. The van der Waals surface area contributed by atoms with Crippen LogP contribution >= 0.6 is 0 Å². The first-order valence-electron chi connectivity index (χ1n) is 10.8. The summed E-state index contributed by atoms with van der Waals surface area (Å²) in [6.07, 6.45) is 2.01. The van der Waals surface area contributed by atoms with Crippen LogP contribution in [0.3, 0.4) is 0 Å². The van der Waals surface area contributed by atoms with Gasteiger partial charge in [-0.25, -0.2) is 0 Å². The Balaban J connectivity index is 1.77. The lowest BCUT2D eigenvalue weighted by atomic mass is 9.99. The predicted octanol–water partition coefficient (Wildman–Crippen LogP) is 4.16. The van der Waals surface area contributed by atoms with Crippen LogP contribution in [0.1, 0.15) is 57.5 Å². The Hall–Kier alpha value is -3.35. The van der Waals surface area contributed by atoms with Gasteiger partial charge in [-0.05, 0) is 44.4 Å². The zero-order valence-corrected chi connectivity index (χ0v) is 19.1. The second kappa shape index (κ2) is 10.3. The van der Waals surface area contributed by atoms with Gasteiger partial charge in [-0.3, -0.25) is 14.4 Å². The molecule has 3 rings (SSSR count). The van der Waals surface area contributed by atoms with Crippen LogP contribution in [0.5, 0.6) is 11.5 Å². The van der Waals surface area contributed by atoms with Crippen LogP contribution in [-0.4, -0.2) is 49.8 Å². The van der Waals surface area contributed by atoms with Crippen molar-refractivity contribution in [3.05, 3.63) is 52.6 Å². The third kappa shape index (κ3) is 5.28. The fourth-order valence-corrected chi connectivity index (χ4v) is 3.86. The van der Waals surface area contributed by atoms with Crippen LogP contribution in [0.4, 0.5) is 5.69 Å². The Kier molecular flexibility index (Phi) is 7.51. The van der Waals surface area contributed by atoms with Gasteiger partial charge in [-0.1, -0.05) is 17.7 Å². The number of methoxy groups -OCH3 is 2. The van der Waals surface area contributed by atoms with Crippen molar-refractivity contribution in [2.45, 2.75) is 39.5 Å². The van der Waals surface area contributed by atoms with Crippen molar-refractivity contribution in [1.82, 2.24) is 4.90 Å². The topological polar surface area (TPSA) is 84.9 Å². The van der Waals surface area contributed by atoms with Gasteiger partial charge >= 0.3 is 0 Å². The van der Waals surface area contributed by atoms with Crippen molar-refractivity contribution < 1.29 is 23.9 Å². The molecule has 2 aromatic carbocycles. The number of anilines is 1. The molecule has 0 spiro atoms. The number of benzene rings is 2. The normalized spacial score (nSPS) is 13.1. The number of rotatable bonds is 8. The number of ketones is 1. The minimum absolute atomic E-state index is 0.0118. The molecule has 2 amide bonds. The molecule has 0 atom stereocenters. The number of carbonyl (C=O) groups is 3. The van der Waals surface area contributed by atoms with E-state index in [4.69, 9.17) is 9.47 Å². The van der Waals surface area contributed by atoms with Gasteiger partial charge in [0.1, 0.15) is 0 Å². The van der Waals surface area contributed by atoms with Crippen LogP contribution in [-0.2, 0) is 4.79 Å². The molecule has 1 N–H and O–H groups in total. The van der Waals surface area contributed by atoms with Gasteiger partial charge in [0.2, 0.25) is 5.91 Å². The van der Waals surface area contributed by atoms with Crippen LogP contribution in [0.15, 0.2) is 30.3 Å². The van der Waals surface area contributed by atoms with Crippen LogP contribution in [0.2, 0.25) is 0 Å². The number of aryl methyl sites for hydroxylation is 2. The van der Waals surface area contributed by atoms with Gasteiger partial charge in [0, 0.05) is 37.6 Å². The maximum Gasteiger partial charge on any atom is 0.256 e. The molecule has 0 bridgehead atoms. The Morgan fingerprint density at radius 3 is 2.22 bits per heavy atom. The predicted molar refractivity (Wildman–Crippen MR) is 123 cm³/mol. The molecule has 170 valence electrons. The fourth-order valence-electron chi connectivity index (χ4n) is 3.86. The summed E-state index contributed by atoms with van der Waals surface area (Å²) in [4.78, 5) is 40.1. The van der Waals surface area contributed by atoms with Gasteiger partial charge in [0.25, 0.3) is 5.91 Å². The average Bonchev–Trinajstić information content (AvgIpc) is 3.33. The molecule has 0 saturated carbocycles. The van der Waals surface area contributed by atoms with Crippen molar-refractivity contribution >= 4 is 23.3 Å². The lowest BCUT2D eigenvalue weighted by molar-refractivity contribution is -0.116. The maximum atomic E-state index is 13.1. The van der Waals surface area contributed by atoms with E-state index in [-0.39, 0.29) is 30.4 Å². The maximum absolute atomic E-state index is 13.1. The van der Waals surface area contributed by atoms with E-state index in [2.05, 4.69) is 5.32 Å². The van der Waals surface area contributed by atoms with Crippen molar-refractivity contribution in [1.29, 1.82) is 0 Å². The molecule has 7 heteroatoms. The quantitative estimate of drug-likeness (QED) is 0.626. The highest BCUT2D eigenvalue weighted by molar-refractivity contribution is 6.06. The van der Waals surface area contributed by atoms with E-state index >= 15 is 0 Å². The summed E-state index contributed by atoms with van der Waals surface area (Å²) in [5.41, 5.74) is 3.22. The van der Waals surface area contributed by atoms with Gasteiger partial charge in [-0.2, -0.15) is 0 Å². The molecule has 1 heterocycles. The van der Waals surface area contributed by atoms with E-state index in [9.17, 15) is 14.4 Å². The van der Waals surface area contributed by atoms with E-state index in [1.807, 2.05) is 32.0 Å². The summed E-state index contributed by atoms with van der Waals surface area (Å²) in [6, 6.07) is 8.89. The molecule has 0 radical (unpaired) electrons. The molecular formula is C25H30N2O5. The molecular weight excluding hydrogens is 408 g/mol. The first-order valence-corrected chi connectivity index (χ1v) is 10.8. The largest absolute Gasteiger partial charge is 0.493 e. The number of carbonyl (C=O) groups excluding carboxylic acids is 3. The number of amides is 2. The molecule has 1 saturated heterocycles. The van der Waals surface area contributed by atoms with Gasteiger partial charge in [0.15, 0.2) is 17.3 Å². The number of ether oxygens (including phenoxy) is 2. The average molecular weight is 439 g/mol. The summed E-state index contributed by atoms with van der Waals surface area (Å²) in [7, 11) is 2.99. The number of likely N-dealkylation sites (tertiary alicyclic amines) is 1. The Morgan fingerprint density at radius 2 is 1.56 bits per heavy atom. The number of hydrogen-bond donors (Lipinski definition) is 1. The number of Topliss-reactive ketones (excluding diaryl/α,β-unsaturated/α-hetero) is 1.